The molecule has 0 amide bonds. The first kappa shape index (κ1) is 10.9. The van der Waals surface area contributed by atoms with Gasteiger partial charge in [-0.15, -0.1) is 0 Å². The van der Waals surface area contributed by atoms with Crippen LogP contribution in [0.4, 0.5) is 5.82 Å². The SMILES string of the molecule is N#Cc1ccnc(N2CCC[C@H](CN)C2)c1. The summed E-state index contributed by atoms with van der Waals surface area (Å²) in [5.74, 6) is 1.46. The van der Waals surface area contributed by atoms with E-state index >= 15 is 0 Å². The molecule has 0 aliphatic carbocycles. The molecule has 0 saturated carbocycles. The minimum atomic E-state index is 0.557. The third kappa shape index (κ3) is 2.31. The summed E-state index contributed by atoms with van der Waals surface area (Å²) in [5.41, 5.74) is 6.37. The van der Waals surface area contributed by atoms with Crippen molar-refractivity contribution in [3.63, 3.8) is 0 Å². The van der Waals surface area contributed by atoms with Gasteiger partial charge in [-0.25, -0.2) is 4.98 Å². The van der Waals surface area contributed by atoms with Gasteiger partial charge in [-0.05, 0) is 37.4 Å². The van der Waals surface area contributed by atoms with E-state index in [9.17, 15) is 0 Å². The molecule has 1 aliphatic rings. The Balaban J connectivity index is 2.14. The summed E-state index contributed by atoms with van der Waals surface area (Å²) in [6, 6.07) is 5.72. The topological polar surface area (TPSA) is 65.9 Å². The zero-order valence-electron chi connectivity index (χ0n) is 9.26. The maximum Gasteiger partial charge on any atom is 0.129 e. The third-order valence-corrected chi connectivity index (χ3v) is 3.05. The summed E-state index contributed by atoms with van der Waals surface area (Å²) >= 11 is 0. The van der Waals surface area contributed by atoms with E-state index in [4.69, 9.17) is 11.0 Å². The number of pyridine rings is 1. The van der Waals surface area contributed by atoms with Gasteiger partial charge in [0.1, 0.15) is 5.82 Å². The number of piperidine rings is 1. The average Bonchev–Trinajstić information content (AvgIpc) is 2.39. The van der Waals surface area contributed by atoms with Gasteiger partial charge in [-0.1, -0.05) is 0 Å². The Morgan fingerprint density at radius 3 is 3.25 bits per heavy atom. The van der Waals surface area contributed by atoms with Crippen LogP contribution in [0.15, 0.2) is 18.3 Å². The van der Waals surface area contributed by atoms with Crippen LogP contribution in [0.25, 0.3) is 0 Å². The lowest BCUT2D eigenvalue weighted by Crippen LogP contribution is -2.38. The molecule has 0 radical (unpaired) electrons. The van der Waals surface area contributed by atoms with Crippen LogP contribution >= 0.6 is 0 Å². The molecule has 4 heteroatoms. The van der Waals surface area contributed by atoms with Gasteiger partial charge in [0.25, 0.3) is 0 Å². The van der Waals surface area contributed by atoms with Crippen molar-refractivity contribution in [2.45, 2.75) is 12.8 Å². The molecule has 1 fully saturated rings. The fourth-order valence-electron chi connectivity index (χ4n) is 2.13. The van der Waals surface area contributed by atoms with Crippen molar-refractivity contribution in [3.05, 3.63) is 23.9 Å². The molecule has 16 heavy (non-hydrogen) atoms. The molecule has 84 valence electrons. The Hall–Kier alpha value is -1.60. The molecule has 0 aromatic carbocycles. The van der Waals surface area contributed by atoms with E-state index in [0.29, 0.717) is 11.5 Å². The molecule has 0 bridgehead atoms. The number of rotatable bonds is 2. The van der Waals surface area contributed by atoms with Crippen LogP contribution in [0, 0.1) is 17.2 Å². The predicted molar refractivity (Wildman–Crippen MR) is 62.9 cm³/mol. The lowest BCUT2D eigenvalue weighted by Gasteiger charge is -2.33. The van der Waals surface area contributed by atoms with Gasteiger partial charge < -0.3 is 10.6 Å². The molecular formula is C12H16N4. The smallest absolute Gasteiger partial charge is 0.129 e. The van der Waals surface area contributed by atoms with Crippen molar-refractivity contribution in [3.8, 4) is 6.07 Å². The van der Waals surface area contributed by atoms with Crippen LogP contribution in [-0.4, -0.2) is 24.6 Å². The van der Waals surface area contributed by atoms with Gasteiger partial charge in [-0.3, -0.25) is 0 Å². The third-order valence-electron chi connectivity index (χ3n) is 3.05. The van der Waals surface area contributed by atoms with Crippen LogP contribution in [0.2, 0.25) is 0 Å². The van der Waals surface area contributed by atoms with Crippen LogP contribution < -0.4 is 10.6 Å². The number of hydrogen-bond donors (Lipinski definition) is 1. The second-order valence-electron chi connectivity index (χ2n) is 4.20. The van der Waals surface area contributed by atoms with Crippen molar-refractivity contribution in [1.29, 1.82) is 5.26 Å². The molecule has 1 aliphatic heterocycles. The first-order valence-electron chi connectivity index (χ1n) is 5.64. The molecule has 2 heterocycles. The van der Waals surface area contributed by atoms with Crippen molar-refractivity contribution in [2.75, 3.05) is 24.5 Å². The summed E-state index contributed by atoms with van der Waals surface area (Å²) in [4.78, 5) is 6.54. The molecule has 2 rings (SSSR count). The second-order valence-corrected chi connectivity index (χ2v) is 4.20. The van der Waals surface area contributed by atoms with Gasteiger partial charge in [0.05, 0.1) is 11.6 Å². The lowest BCUT2D eigenvalue weighted by atomic mass is 9.98. The summed E-state index contributed by atoms with van der Waals surface area (Å²) in [6.45, 7) is 2.70. The highest BCUT2D eigenvalue weighted by Gasteiger charge is 2.19. The minimum absolute atomic E-state index is 0.557. The highest BCUT2D eigenvalue weighted by molar-refractivity contribution is 5.45. The number of aromatic nitrogens is 1. The zero-order valence-corrected chi connectivity index (χ0v) is 9.26. The van der Waals surface area contributed by atoms with Gasteiger partial charge in [0, 0.05) is 19.3 Å². The average molecular weight is 216 g/mol. The second kappa shape index (κ2) is 4.95. The largest absolute Gasteiger partial charge is 0.356 e. The fourth-order valence-corrected chi connectivity index (χ4v) is 2.13. The molecule has 0 unspecified atom stereocenters. The molecule has 4 nitrogen and oxygen atoms in total. The van der Waals surface area contributed by atoms with E-state index in [0.717, 1.165) is 31.9 Å². The maximum atomic E-state index is 8.84. The van der Waals surface area contributed by atoms with Gasteiger partial charge in [0.15, 0.2) is 0 Å². The minimum Gasteiger partial charge on any atom is -0.356 e. The molecule has 2 N–H and O–H groups in total. The van der Waals surface area contributed by atoms with Gasteiger partial charge in [-0.2, -0.15) is 5.26 Å². The number of nitriles is 1. The summed E-state index contributed by atoms with van der Waals surface area (Å²) in [5, 5.41) is 8.84. The van der Waals surface area contributed by atoms with E-state index in [-0.39, 0.29) is 0 Å². The van der Waals surface area contributed by atoms with Crippen molar-refractivity contribution in [1.82, 2.24) is 4.98 Å². The summed E-state index contributed by atoms with van der Waals surface area (Å²) < 4.78 is 0. The molecule has 1 aromatic rings. The van der Waals surface area contributed by atoms with E-state index < -0.39 is 0 Å². The Morgan fingerprint density at radius 2 is 2.50 bits per heavy atom. The molecule has 1 saturated heterocycles. The summed E-state index contributed by atoms with van der Waals surface area (Å²) in [7, 11) is 0. The van der Waals surface area contributed by atoms with Crippen LogP contribution in [-0.2, 0) is 0 Å². The highest BCUT2D eigenvalue weighted by atomic mass is 15.2. The first-order valence-corrected chi connectivity index (χ1v) is 5.64. The zero-order chi connectivity index (χ0) is 11.4. The van der Waals surface area contributed by atoms with E-state index in [1.165, 1.54) is 6.42 Å². The van der Waals surface area contributed by atoms with Crippen LogP contribution in [0.3, 0.4) is 0 Å². The van der Waals surface area contributed by atoms with E-state index in [1.807, 2.05) is 6.07 Å². The Bertz CT molecular complexity index is 396. The van der Waals surface area contributed by atoms with Gasteiger partial charge >= 0.3 is 0 Å². The maximum absolute atomic E-state index is 8.84. The summed E-state index contributed by atoms with van der Waals surface area (Å²) in [6.07, 6.45) is 4.05. The Labute approximate surface area is 95.7 Å². The fraction of sp³-hybridized carbons (Fsp3) is 0.500. The van der Waals surface area contributed by atoms with Crippen molar-refractivity contribution < 1.29 is 0 Å². The normalized spacial score (nSPS) is 20.5. The van der Waals surface area contributed by atoms with Crippen LogP contribution in [0.5, 0.6) is 0 Å². The van der Waals surface area contributed by atoms with Gasteiger partial charge in [0.2, 0.25) is 0 Å². The molecule has 0 spiro atoms. The van der Waals surface area contributed by atoms with E-state index in [2.05, 4.69) is 16.0 Å². The van der Waals surface area contributed by atoms with Crippen molar-refractivity contribution >= 4 is 5.82 Å². The quantitative estimate of drug-likeness (QED) is 0.804. The molecule has 1 aromatic heterocycles. The Kier molecular flexibility index (Phi) is 3.37. The predicted octanol–water partition coefficient (Wildman–Crippen LogP) is 1.13. The monoisotopic (exact) mass is 216 g/mol. The first-order chi connectivity index (χ1) is 7.83. The lowest BCUT2D eigenvalue weighted by molar-refractivity contribution is 0.421. The van der Waals surface area contributed by atoms with Crippen LogP contribution in [0.1, 0.15) is 18.4 Å². The number of hydrogen-bond acceptors (Lipinski definition) is 4. The van der Waals surface area contributed by atoms with Crippen molar-refractivity contribution in [2.24, 2.45) is 11.7 Å². The molecule has 1 atom stereocenters. The number of nitrogens with two attached hydrogens (primary N) is 1. The molecular weight excluding hydrogens is 200 g/mol. The Morgan fingerprint density at radius 1 is 1.62 bits per heavy atom. The van der Waals surface area contributed by atoms with E-state index in [1.54, 1.807) is 12.3 Å². The number of anilines is 1. The standard InChI is InChI=1S/C12H16N4/c13-7-10-3-4-15-12(6-10)16-5-1-2-11(8-14)9-16/h3-4,6,11H,1-2,5,8-9,14H2/t11-/m1/s1. The number of nitrogens with zero attached hydrogens (tertiary/aromatic N) is 3. The highest BCUT2D eigenvalue weighted by Crippen LogP contribution is 2.21.